The highest BCUT2D eigenvalue weighted by atomic mass is 16.4. The van der Waals surface area contributed by atoms with Gasteiger partial charge in [-0.05, 0) is 12.8 Å². The minimum Gasteiger partial charge on any atom is -0.479 e. The quantitative estimate of drug-likeness (QED) is 0.487. The number of carbonyl (C=O) groups excluding carboxylic acids is 1. The van der Waals surface area contributed by atoms with Crippen LogP contribution in [0.1, 0.15) is 20.8 Å². The Kier molecular flexibility index (Phi) is 2.96. The van der Waals surface area contributed by atoms with Crippen LogP contribution < -0.4 is 0 Å². The van der Waals surface area contributed by atoms with Crippen LogP contribution >= 0.6 is 0 Å². The lowest BCUT2D eigenvalue weighted by Gasteiger charge is -2.21. The van der Waals surface area contributed by atoms with E-state index in [0.717, 1.165) is 0 Å². The largest absolute Gasteiger partial charge is 0.479 e. The van der Waals surface area contributed by atoms with Crippen molar-refractivity contribution >= 4 is 12.0 Å². The van der Waals surface area contributed by atoms with E-state index in [0.29, 0.717) is 0 Å². The molecule has 0 spiro atoms. The van der Waals surface area contributed by atoms with Crippen molar-refractivity contribution in [3.63, 3.8) is 0 Å². The molecule has 0 bridgehead atoms. The van der Waals surface area contributed by atoms with Gasteiger partial charge in [0.2, 0.25) is 6.08 Å². The molecule has 0 aromatic heterocycles. The van der Waals surface area contributed by atoms with Gasteiger partial charge in [0.05, 0.1) is 0 Å². The van der Waals surface area contributed by atoms with Crippen molar-refractivity contribution in [2.45, 2.75) is 26.3 Å². The number of rotatable bonds is 3. The molecular weight excluding hydrogens is 146 g/mol. The lowest BCUT2D eigenvalue weighted by Crippen LogP contribution is -2.38. The average Bonchev–Trinajstić information content (AvgIpc) is 1.87. The molecule has 0 radical (unpaired) electrons. The minimum absolute atomic E-state index is 0.221. The van der Waals surface area contributed by atoms with E-state index < -0.39 is 11.5 Å². The third-order valence-corrected chi connectivity index (χ3v) is 1.84. The number of aliphatic carboxylic acids is 1. The van der Waals surface area contributed by atoms with Crippen LogP contribution in [0.25, 0.3) is 0 Å². The summed E-state index contributed by atoms with van der Waals surface area (Å²) in [6.07, 6.45) is 1.27. The van der Waals surface area contributed by atoms with Gasteiger partial charge in [0.1, 0.15) is 0 Å². The van der Waals surface area contributed by atoms with Gasteiger partial charge >= 0.3 is 5.97 Å². The normalized spacial score (nSPS) is 15.3. The zero-order valence-electron chi connectivity index (χ0n) is 6.79. The first-order chi connectivity index (χ1) is 4.95. The molecular formula is C7H11NO3. The second kappa shape index (κ2) is 3.30. The number of carboxylic acid groups (broad SMARTS) is 1. The van der Waals surface area contributed by atoms with Crippen LogP contribution in [0.2, 0.25) is 0 Å². The first kappa shape index (κ1) is 9.85. The van der Waals surface area contributed by atoms with Crippen LogP contribution in [-0.4, -0.2) is 22.7 Å². The third-order valence-electron chi connectivity index (χ3n) is 1.84. The monoisotopic (exact) mass is 157 g/mol. The molecule has 0 unspecified atom stereocenters. The molecule has 11 heavy (non-hydrogen) atoms. The predicted octanol–water partition coefficient (Wildman–Crippen LogP) is 0.822. The highest BCUT2D eigenvalue weighted by molar-refractivity contribution is 5.79. The van der Waals surface area contributed by atoms with Gasteiger partial charge in [-0.1, -0.05) is 13.8 Å². The number of isocyanates is 1. The smallest absolute Gasteiger partial charge is 0.332 e. The summed E-state index contributed by atoms with van der Waals surface area (Å²) in [6, 6.07) is 0. The molecule has 4 nitrogen and oxygen atoms in total. The summed E-state index contributed by atoms with van der Waals surface area (Å²) in [7, 11) is 0. The number of nitrogens with zero attached hydrogens (tertiary/aromatic N) is 1. The standard InChI is InChI=1S/C7H11NO3/c1-5(2)7(3,6(10)11)8-4-9/h5H,1-3H3,(H,10,11)/t7-/m0/s1. The molecule has 0 aliphatic heterocycles. The van der Waals surface area contributed by atoms with Gasteiger partial charge in [-0.15, -0.1) is 0 Å². The fourth-order valence-corrected chi connectivity index (χ4v) is 0.519. The zero-order chi connectivity index (χ0) is 9.07. The third kappa shape index (κ3) is 1.88. The summed E-state index contributed by atoms with van der Waals surface area (Å²) in [5.74, 6) is -1.32. The molecule has 0 heterocycles. The fourth-order valence-electron chi connectivity index (χ4n) is 0.519. The molecule has 0 aliphatic rings. The summed E-state index contributed by atoms with van der Waals surface area (Å²) >= 11 is 0. The van der Waals surface area contributed by atoms with Crippen molar-refractivity contribution in [3.8, 4) is 0 Å². The first-order valence-corrected chi connectivity index (χ1v) is 3.27. The van der Waals surface area contributed by atoms with E-state index in [1.165, 1.54) is 13.0 Å². The van der Waals surface area contributed by atoms with Crippen molar-refractivity contribution in [2.75, 3.05) is 0 Å². The molecule has 0 rings (SSSR count). The second-order valence-corrected chi connectivity index (χ2v) is 2.81. The van der Waals surface area contributed by atoms with Crippen LogP contribution in [0.3, 0.4) is 0 Å². The Hall–Kier alpha value is -1.15. The molecule has 62 valence electrons. The topological polar surface area (TPSA) is 66.7 Å². The van der Waals surface area contributed by atoms with Crippen LogP contribution in [0.15, 0.2) is 4.99 Å². The SMILES string of the molecule is CC(C)[C@](C)(N=C=O)C(=O)O. The van der Waals surface area contributed by atoms with Gasteiger partial charge < -0.3 is 5.11 Å². The lowest BCUT2D eigenvalue weighted by molar-refractivity contribution is -0.144. The summed E-state index contributed by atoms with van der Waals surface area (Å²) in [6.45, 7) is 4.77. The first-order valence-electron chi connectivity index (χ1n) is 3.27. The summed E-state index contributed by atoms with van der Waals surface area (Å²) in [5, 5.41) is 8.66. The van der Waals surface area contributed by atoms with E-state index in [4.69, 9.17) is 5.11 Å². The van der Waals surface area contributed by atoms with Crippen LogP contribution in [0, 0.1) is 5.92 Å². The lowest BCUT2D eigenvalue weighted by atomic mass is 9.89. The fraction of sp³-hybridized carbons (Fsp3) is 0.714. The number of carbonyl (C=O) groups is 1. The van der Waals surface area contributed by atoms with Crippen molar-refractivity contribution in [1.29, 1.82) is 0 Å². The van der Waals surface area contributed by atoms with E-state index in [-0.39, 0.29) is 5.92 Å². The Labute approximate surface area is 64.9 Å². The summed E-state index contributed by atoms with van der Waals surface area (Å²) in [4.78, 5) is 23.7. The zero-order valence-corrected chi connectivity index (χ0v) is 6.79. The Bertz CT molecular complexity index is 202. The number of hydrogen-bond acceptors (Lipinski definition) is 3. The van der Waals surface area contributed by atoms with E-state index in [2.05, 4.69) is 4.99 Å². The number of aliphatic imine (C=N–C) groups is 1. The second-order valence-electron chi connectivity index (χ2n) is 2.81. The van der Waals surface area contributed by atoms with Crippen LogP contribution in [0.4, 0.5) is 0 Å². The van der Waals surface area contributed by atoms with Gasteiger partial charge in [0, 0.05) is 0 Å². The molecule has 0 aromatic carbocycles. The van der Waals surface area contributed by atoms with Crippen molar-refractivity contribution in [1.82, 2.24) is 0 Å². The van der Waals surface area contributed by atoms with E-state index in [9.17, 15) is 9.59 Å². The Morgan fingerprint density at radius 1 is 1.64 bits per heavy atom. The Morgan fingerprint density at radius 3 is 2.18 bits per heavy atom. The van der Waals surface area contributed by atoms with Gasteiger partial charge in [0.15, 0.2) is 5.54 Å². The van der Waals surface area contributed by atoms with E-state index >= 15 is 0 Å². The molecule has 0 aromatic rings. The summed E-state index contributed by atoms with van der Waals surface area (Å²) in [5.41, 5.74) is -1.33. The van der Waals surface area contributed by atoms with Gasteiger partial charge in [0.25, 0.3) is 0 Å². The highest BCUT2D eigenvalue weighted by Gasteiger charge is 2.36. The molecule has 4 heteroatoms. The minimum atomic E-state index is -1.33. The van der Waals surface area contributed by atoms with Crippen molar-refractivity contribution in [2.24, 2.45) is 10.9 Å². The number of carboxylic acids is 1. The Morgan fingerprint density at radius 2 is 2.09 bits per heavy atom. The van der Waals surface area contributed by atoms with Crippen LogP contribution in [0.5, 0.6) is 0 Å². The predicted molar refractivity (Wildman–Crippen MR) is 39.0 cm³/mol. The highest BCUT2D eigenvalue weighted by Crippen LogP contribution is 2.20. The number of hydrogen-bond donors (Lipinski definition) is 1. The molecule has 0 saturated carbocycles. The van der Waals surface area contributed by atoms with Gasteiger partial charge in [-0.2, -0.15) is 4.99 Å². The summed E-state index contributed by atoms with van der Waals surface area (Å²) < 4.78 is 0. The maximum Gasteiger partial charge on any atom is 0.332 e. The maximum atomic E-state index is 10.6. The molecule has 0 saturated heterocycles. The molecule has 0 aliphatic carbocycles. The average molecular weight is 157 g/mol. The van der Waals surface area contributed by atoms with Crippen molar-refractivity contribution in [3.05, 3.63) is 0 Å². The van der Waals surface area contributed by atoms with Crippen LogP contribution in [-0.2, 0) is 9.59 Å². The van der Waals surface area contributed by atoms with Gasteiger partial charge in [-0.25, -0.2) is 9.59 Å². The van der Waals surface area contributed by atoms with E-state index in [1.54, 1.807) is 13.8 Å². The molecule has 0 fully saturated rings. The van der Waals surface area contributed by atoms with Gasteiger partial charge in [-0.3, -0.25) is 0 Å². The van der Waals surface area contributed by atoms with Crippen molar-refractivity contribution < 1.29 is 14.7 Å². The molecule has 1 N–H and O–H groups in total. The molecule has 1 atom stereocenters. The molecule has 0 amide bonds. The Balaban J connectivity index is 4.81. The maximum absolute atomic E-state index is 10.6. The van der Waals surface area contributed by atoms with E-state index in [1.807, 2.05) is 0 Å².